The minimum atomic E-state index is -0.304. The molecule has 100 valence electrons. The lowest BCUT2D eigenvalue weighted by Crippen LogP contribution is -2.34. The highest BCUT2D eigenvalue weighted by Crippen LogP contribution is 2.21. The minimum absolute atomic E-state index is 0.0558. The highest BCUT2D eigenvalue weighted by Gasteiger charge is 2.11. The summed E-state index contributed by atoms with van der Waals surface area (Å²) in [5, 5.41) is 12.8. The quantitative estimate of drug-likeness (QED) is 0.833. The van der Waals surface area contributed by atoms with Crippen molar-refractivity contribution in [2.45, 2.75) is 13.8 Å². The predicted octanol–water partition coefficient (Wildman–Crippen LogP) is 2.12. The van der Waals surface area contributed by atoms with Gasteiger partial charge >= 0.3 is 0 Å². The SMILES string of the molecule is CCN(CC)CCNC(=O)c1cc(Cl)ccc1O. The average Bonchev–Trinajstić information content (AvgIpc) is 2.37. The van der Waals surface area contributed by atoms with Crippen LogP contribution in [0.2, 0.25) is 5.02 Å². The van der Waals surface area contributed by atoms with Crippen molar-refractivity contribution < 1.29 is 9.90 Å². The van der Waals surface area contributed by atoms with Crippen LogP contribution in [0.4, 0.5) is 0 Å². The molecule has 0 fully saturated rings. The van der Waals surface area contributed by atoms with Crippen molar-refractivity contribution in [2.75, 3.05) is 26.2 Å². The Kier molecular flexibility index (Phi) is 5.95. The van der Waals surface area contributed by atoms with E-state index in [0.717, 1.165) is 19.6 Å². The van der Waals surface area contributed by atoms with E-state index in [4.69, 9.17) is 11.6 Å². The number of hydrogen-bond donors (Lipinski definition) is 2. The van der Waals surface area contributed by atoms with Gasteiger partial charge in [0.05, 0.1) is 5.56 Å². The van der Waals surface area contributed by atoms with E-state index in [9.17, 15) is 9.90 Å². The van der Waals surface area contributed by atoms with Crippen molar-refractivity contribution in [1.82, 2.24) is 10.2 Å². The lowest BCUT2D eigenvalue weighted by molar-refractivity contribution is 0.0946. The molecular weight excluding hydrogens is 252 g/mol. The number of amides is 1. The number of carbonyl (C=O) groups is 1. The molecule has 0 aromatic heterocycles. The zero-order chi connectivity index (χ0) is 13.5. The molecule has 1 amide bonds. The molecular formula is C13H19ClN2O2. The maximum absolute atomic E-state index is 11.8. The third-order valence-electron chi connectivity index (χ3n) is 2.81. The van der Waals surface area contributed by atoms with Crippen molar-refractivity contribution in [3.05, 3.63) is 28.8 Å². The summed E-state index contributed by atoms with van der Waals surface area (Å²) in [6, 6.07) is 4.43. The Morgan fingerprint density at radius 2 is 2.06 bits per heavy atom. The first kappa shape index (κ1) is 14.8. The highest BCUT2D eigenvalue weighted by atomic mass is 35.5. The number of halogens is 1. The zero-order valence-electron chi connectivity index (χ0n) is 10.7. The minimum Gasteiger partial charge on any atom is -0.507 e. The van der Waals surface area contributed by atoms with Gasteiger partial charge in [0.1, 0.15) is 5.75 Å². The maximum atomic E-state index is 11.8. The van der Waals surface area contributed by atoms with Gasteiger partial charge in [-0.3, -0.25) is 4.79 Å². The first-order valence-corrected chi connectivity index (χ1v) is 6.45. The van der Waals surface area contributed by atoms with Gasteiger partial charge in [-0.05, 0) is 31.3 Å². The molecule has 1 aromatic carbocycles. The Balaban J connectivity index is 2.53. The van der Waals surface area contributed by atoms with Gasteiger partial charge in [-0.1, -0.05) is 25.4 Å². The molecule has 1 aromatic rings. The van der Waals surface area contributed by atoms with Gasteiger partial charge in [0, 0.05) is 18.1 Å². The van der Waals surface area contributed by atoms with Crippen molar-refractivity contribution in [3.63, 3.8) is 0 Å². The third-order valence-corrected chi connectivity index (χ3v) is 3.05. The number of rotatable bonds is 6. The molecule has 2 N–H and O–H groups in total. The number of aromatic hydroxyl groups is 1. The van der Waals surface area contributed by atoms with Crippen LogP contribution in [0.5, 0.6) is 5.75 Å². The lowest BCUT2D eigenvalue weighted by Gasteiger charge is -2.18. The zero-order valence-corrected chi connectivity index (χ0v) is 11.5. The molecule has 0 aliphatic carbocycles. The second-order valence-electron chi connectivity index (χ2n) is 3.94. The van der Waals surface area contributed by atoms with Gasteiger partial charge in [-0.25, -0.2) is 0 Å². The maximum Gasteiger partial charge on any atom is 0.255 e. The average molecular weight is 271 g/mol. The predicted molar refractivity (Wildman–Crippen MR) is 73.2 cm³/mol. The first-order valence-electron chi connectivity index (χ1n) is 6.07. The Morgan fingerprint density at radius 1 is 1.39 bits per heavy atom. The summed E-state index contributed by atoms with van der Waals surface area (Å²) in [7, 11) is 0. The second-order valence-corrected chi connectivity index (χ2v) is 4.38. The summed E-state index contributed by atoms with van der Waals surface area (Å²) >= 11 is 5.79. The molecule has 18 heavy (non-hydrogen) atoms. The van der Waals surface area contributed by atoms with Crippen molar-refractivity contribution >= 4 is 17.5 Å². The molecule has 0 radical (unpaired) electrons. The highest BCUT2D eigenvalue weighted by molar-refractivity contribution is 6.31. The van der Waals surface area contributed by atoms with E-state index in [1.54, 1.807) is 6.07 Å². The van der Waals surface area contributed by atoms with Gasteiger partial charge in [-0.15, -0.1) is 0 Å². The summed E-state index contributed by atoms with van der Waals surface area (Å²) in [5.41, 5.74) is 0.210. The number of nitrogens with one attached hydrogen (secondary N) is 1. The Labute approximate surface area is 113 Å². The van der Waals surface area contributed by atoms with E-state index in [1.807, 2.05) is 0 Å². The molecule has 0 spiro atoms. The number of carbonyl (C=O) groups excluding carboxylic acids is 1. The van der Waals surface area contributed by atoms with Crippen LogP contribution < -0.4 is 5.32 Å². The first-order chi connectivity index (χ1) is 8.58. The normalized spacial score (nSPS) is 10.7. The summed E-state index contributed by atoms with van der Waals surface area (Å²) in [5.74, 6) is -0.359. The summed E-state index contributed by atoms with van der Waals surface area (Å²) in [6.07, 6.45) is 0. The lowest BCUT2D eigenvalue weighted by atomic mass is 10.2. The van der Waals surface area contributed by atoms with Gasteiger partial charge in [0.2, 0.25) is 0 Å². The van der Waals surface area contributed by atoms with Gasteiger partial charge in [-0.2, -0.15) is 0 Å². The van der Waals surface area contributed by atoms with Crippen LogP contribution in [-0.2, 0) is 0 Å². The Hall–Kier alpha value is -1.26. The molecule has 0 saturated carbocycles. The van der Waals surface area contributed by atoms with Crippen molar-refractivity contribution in [2.24, 2.45) is 0 Å². The van der Waals surface area contributed by atoms with Crippen LogP contribution in [0, 0.1) is 0 Å². The third kappa shape index (κ3) is 4.20. The Bertz CT molecular complexity index is 406. The van der Waals surface area contributed by atoms with E-state index < -0.39 is 0 Å². The Morgan fingerprint density at radius 3 is 2.67 bits per heavy atom. The summed E-state index contributed by atoms with van der Waals surface area (Å²) in [6.45, 7) is 7.40. The molecule has 4 nitrogen and oxygen atoms in total. The monoisotopic (exact) mass is 270 g/mol. The van der Waals surface area contributed by atoms with E-state index in [0.29, 0.717) is 11.6 Å². The standard InChI is InChI=1S/C13H19ClN2O2/c1-3-16(4-2)8-7-15-13(18)11-9-10(14)5-6-12(11)17/h5-6,9,17H,3-4,7-8H2,1-2H3,(H,15,18). The molecule has 0 aliphatic heterocycles. The molecule has 0 saturated heterocycles. The number of phenolic OH excluding ortho intramolecular Hbond substituents is 1. The van der Waals surface area contributed by atoms with Crippen LogP contribution in [0.1, 0.15) is 24.2 Å². The van der Waals surface area contributed by atoms with E-state index >= 15 is 0 Å². The number of nitrogens with zero attached hydrogens (tertiary/aromatic N) is 1. The number of phenols is 1. The van der Waals surface area contributed by atoms with Crippen molar-refractivity contribution in [1.29, 1.82) is 0 Å². The van der Waals surface area contributed by atoms with E-state index in [-0.39, 0.29) is 17.2 Å². The number of hydrogen-bond acceptors (Lipinski definition) is 3. The van der Waals surface area contributed by atoms with Crippen molar-refractivity contribution in [3.8, 4) is 5.75 Å². The second kappa shape index (κ2) is 7.24. The van der Waals surface area contributed by atoms with Gasteiger partial charge < -0.3 is 15.3 Å². The summed E-state index contributed by atoms with van der Waals surface area (Å²) < 4.78 is 0. The number of benzene rings is 1. The van der Waals surface area contributed by atoms with Crippen LogP contribution in [0.25, 0.3) is 0 Å². The molecule has 5 heteroatoms. The van der Waals surface area contributed by atoms with Gasteiger partial charge in [0.25, 0.3) is 5.91 Å². The fourth-order valence-electron chi connectivity index (χ4n) is 1.65. The van der Waals surface area contributed by atoms with E-state index in [2.05, 4.69) is 24.1 Å². The molecule has 0 bridgehead atoms. The molecule has 0 aliphatic rings. The van der Waals surface area contributed by atoms with Crippen LogP contribution >= 0.6 is 11.6 Å². The largest absolute Gasteiger partial charge is 0.507 e. The smallest absolute Gasteiger partial charge is 0.255 e. The van der Waals surface area contributed by atoms with Gasteiger partial charge in [0.15, 0.2) is 0 Å². The fraction of sp³-hybridized carbons (Fsp3) is 0.462. The van der Waals surface area contributed by atoms with Crippen LogP contribution in [-0.4, -0.2) is 42.1 Å². The number of likely N-dealkylation sites (N-methyl/N-ethyl adjacent to an activating group) is 1. The van der Waals surface area contributed by atoms with E-state index in [1.165, 1.54) is 12.1 Å². The summed E-state index contributed by atoms with van der Waals surface area (Å²) in [4.78, 5) is 14.0. The van der Waals surface area contributed by atoms with Crippen LogP contribution in [0.3, 0.4) is 0 Å². The molecule has 0 heterocycles. The molecule has 1 rings (SSSR count). The van der Waals surface area contributed by atoms with Crippen LogP contribution in [0.15, 0.2) is 18.2 Å². The molecule has 0 unspecified atom stereocenters. The fourth-order valence-corrected chi connectivity index (χ4v) is 1.82. The topological polar surface area (TPSA) is 52.6 Å². The molecule has 0 atom stereocenters.